The van der Waals surface area contributed by atoms with Crippen LogP contribution in [0.5, 0.6) is 11.5 Å². The highest BCUT2D eigenvalue weighted by Crippen LogP contribution is 2.38. The van der Waals surface area contributed by atoms with E-state index in [1.54, 1.807) is 6.20 Å². The minimum Gasteiger partial charge on any atom is -0.486 e. The number of fused-ring (bicyclic) bond motifs is 5. The first-order chi connectivity index (χ1) is 15.2. The number of piperidine rings is 1. The second-order valence-corrected chi connectivity index (χ2v) is 8.88. The molecule has 3 aromatic rings. The molecule has 1 fully saturated rings. The largest absolute Gasteiger partial charge is 0.486 e. The number of hydrogen-bond acceptors (Lipinski definition) is 5. The lowest BCUT2D eigenvalue weighted by atomic mass is 9.82. The lowest BCUT2D eigenvalue weighted by Gasteiger charge is -2.43. The summed E-state index contributed by atoms with van der Waals surface area (Å²) >= 11 is 0. The number of nitrogens with zero attached hydrogens (tertiary/aromatic N) is 4. The van der Waals surface area contributed by atoms with Crippen molar-refractivity contribution in [2.24, 2.45) is 13.0 Å². The summed E-state index contributed by atoms with van der Waals surface area (Å²) in [5.74, 6) is 3.30. The Labute approximate surface area is 180 Å². The molecular formula is C24H26N4O3. The van der Waals surface area contributed by atoms with E-state index >= 15 is 0 Å². The van der Waals surface area contributed by atoms with Crippen molar-refractivity contribution in [1.82, 2.24) is 19.0 Å². The standard InChI is InChI=1S/C24H26N4O3/c1-26-8-7-25-23(26)19-5-6-20-18-11-16(13-28(20)24(19)29)12-27(15-18)14-17-3-2-4-21-22(17)31-10-9-30-21/h2-8,16,18H,9-15H2,1H3/t16-,18+/m0/s1. The first kappa shape index (κ1) is 18.7. The lowest BCUT2D eigenvalue weighted by Crippen LogP contribution is -2.47. The van der Waals surface area contributed by atoms with E-state index < -0.39 is 0 Å². The second-order valence-electron chi connectivity index (χ2n) is 8.88. The molecule has 2 atom stereocenters. The molecule has 2 aromatic heterocycles. The Morgan fingerprint density at radius 1 is 1.10 bits per heavy atom. The lowest BCUT2D eigenvalue weighted by molar-refractivity contribution is 0.111. The average molecular weight is 418 g/mol. The zero-order valence-electron chi connectivity index (χ0n) is 17.7. The maximum atomic E-state index is 13.3. The third-order valence-corrected chi connectivity index (χ3v) is 6.78. The van der Waals surface area contributed by atoms with Gasteiger partial charge in [0.15, 0.2) is 11.5 Å². The molecule has 7 nitrogen and oxygen atoms in total. The molecule has 0 aliphatic carbocycles. The number of ether oxygens (including phenoxy) is 2. The van der Waals surface area contributed by atoms with Crippen LogP contribution in [0.2, 0.25) is 0 Å². The van der Waals surface area contributed by atoms with Gasteiger partial charge in [0.1, 0.15) is 19.0 Å². The maximum Gasteiger partial charge on any atom is 0.261 e. The molecule has 0 spiro atoms. The van der Waals surface area contributed by atoms with E-state index in [0.717, 1.165) is 55.6 Å². The van der Waals surface area contributed by atoms with Gasteiger partial charge in [-0.05, 0) is 30.5 Å². The molecule has 0 amide bonds. The van der Waals surface area contributed by atoms with E-state index in [1.165, 1.54) is 5.56 Å². The number of benzene rings is 1. The van der Waals surface area contributed by atoms with Gasteiger partial charge in [-0.2, -0.15) is 0 Å². The quantitative estimate of drug-likeness (QED) is 0.655. The van der Waals surface area contributed by atoms with Gasteiger partial charge in [0.2, 0.25) is 0 Å². The fraction of sp³-hybridized carbons (Fsp3) is 0.417. The highest BCUT2D eigenvalue weighted by atomic mass is 16.6. The molecular weight excluding hydrogens is 392 g/mol. The summed E-state index contributed by atoms with van der Waals surface area (Å²) in [5, 5.41) is 0. The summed E-state index contributed by atoms with van der Waals surface area (Å²) in [5.41, 5.74) is 3.09. The van der Waals surface area contributed by atoms with E-state index in [-0.39, 0.29) is 5.56 Å². The van der Waals surface area contributed by atoms with E-state index in [0.29, 0.717) is 30.6 Å². The minimum atomic E-state index is 0.0811. The van der Waals surface area contributed by atoms with Gasteiger partial charge >= 0.3 is 0 Å². The first-order valence-electron chi connectivity index (χ1n) is 11.0. The minimum absolute atomic E-state index is 0.0811. The maximum absolute atomic E-state index is 13.3. The zero-order chi connectivity index (χ0) is 20.9. The summed E-state index contributed by atoms with van der Waals surface area (Å²) < 4.78 is 15.6. The Morgan fingerprint density at radius 2 is 2.00 bits per heavy atom. The topological polar surface area (TPSA) is 61.5 Å². The van der Waals surface area contributed by atoms with Crippen LogP contribution in [-0.4, -0.2) is 45.3 Å². The zero-order valence-corrected chi connectivity index (χ0v) is 17.7. The Balaban J connectivity index is 1.28. The van der Waals surface area contributed by atoms with Gasteiger partial charge in [0.25, 0.3) is 5.56 Å². The third-order valence-electron chi connectivity index (χ3n) is 6.78. The number of aryl methyl sites for hydroxylation is 1. The van der Waals surface area contributed by atoms with Gasteiger partial charge in [0, 0.05) is 62.8 Å². The summed E-state index contributed by atoms with van der Waals surface area (Å²) in [7, 11) is 1.93. The van der Waals surface area contributed by atoms with Gasteiger partial charge in [-0.3, -0.25) is 9.69 Å². The summed E-state index contributed by atoms with van der Waals surface area (Å²) in [6.45, 7) is 4.75. The highest BCUT2D eigenvalue weighted by Gasteiger charge is 2.35. The molecule has 0 unspecified atom stereocenters. The first-order valence-corrected chi connectivity index (χ1v) is 11.0. The summed E-state index contributed by atoms with van der Waals surface area (Å²) in [6, 6.07) is 10.2. The Hall–Kier alpha value is -3.06. The number of hydrogen-bond donors (Lipinski definition) is 0. The number of aromatic nitrogens is 3. The molecule has 7 heteroatoms. The molecule has 3 aliphatic rings. The van der Waals surface area contributed by atoms with Gasteiger partial charge in [-0.25, -0.2) is 4.98 Å². The Bertz CT molecular complexity index is 1200. The molecule has 1 saturated heterocycles. The fourth-order valence-electron chi connectivity index (χ4n) is 5.47. The number of imidazole rings is 1. The van der Waals surface area contributed by atoms with Crippen LogP contribution in [-0.2, 0) is 20.1 Å². The molecule has 160 valence electrons. The van der Waals surface area contributed by atoms with Crippen LogP contribution in [0.25, 0.3) is 11.4 Å². The van der Waals surface area contributed by atoms with Crippen molar-refractivity contribution in [1.29, 1.82) is 0 Å². The molecule has 2 bridgehead atoms. The Kier molecular flexibility index (Phi) is 4.38. The van der Waals surface area contributed by atoms with Crippen molar-refractivity contribution < 1.29 is 9.47 Å². The number of rotatable bonds is 3. The van der Waals surface area contributed by atoms with E-state index in [1.807, 2.05) is 40.6 Å². The van der Waals surface area contributed by atoms with Crippen LogP contribution in [0.1, 0.15) is 23.6 Å². The third kappa shape index (κ3) is 3.15. The normalized spacial score (nSPS) is 22.2. The van der Waals surface area contributed by atoms with Crippen LogP contribution < -0.4 is 15.0 Å². The molecule has 1 aromatic carbocycles. The van der Waals surface area contributed by atoms with E-state index in [4.69, 9.17) is 9.47 Å². The van der Waals surface area contributed by atoms with E-state index in [2.05, 4.69) is 22.0 Å². The monoisotopic (exact) mass is 418 g/mol. The molecule has 0 saturated carbocycles. The van der Waals surface area contributed by atoms with Crippen LogP contribution >= 0.6 is 0 Å². The van der Waals surface area contributed by atoms with Crippen molar-refractivity contribution in [2.45, 2.75) is 25.4 Å². The van der Waals surface area contributed by atoms with Crippen LogP contribution in [0, 0.1) is 5.92 Å². The van der Waals surface area contributed by atoms with Gasteiger partial charge in [-0.1, -0.05) is 12.1 Å². The fourth-order valence-corrected chi connectivity index (χ4v) is 5.47. The van der Waals surface area contributed by atoms with Crippen molar-refractivity contribution in [2.75, 3.05) is 26.3 Å². The van der Waals surface area contributed by atoms with Crippen molar-refractivity contribution in [3.63, 3.8) is 0 Å². The number of para-hydroxylation sites is 1. The van der Waals surface area contributed by atoms with Crippen molar-refractivity contribution in [3.8, 4) is 22.9 Å². The predicted molar refractivity (Wildman–Crippen MR) is 116 cm³/mol. The molecule has 0 N–H and O–H groups in total. The SMILES string of the molecule is Cn1ccnc1-c1ccc2n(c1=O)C[C@H]1C[C@@H]2CN(Cc2cccc3c2OCCO3)C1. The molecule has 6 rings (SSSR count). The van der Waals surface area contributed by atoms with Gasteiger partial charge in [-0.15, -0.1) is 0 Å². The predicted octanol–water partition coefficient (Wildman–Crippen LogP) is 2.64. The molecule has 0 radical (unpaired) electrons. The van der Waals surface area contributed by atoms with E-state index in [9.17, 15) is 4.79 Å². The van der Waals surface area contributed by atoms with Crippen LogP contribution in [0.4, 0.5) is 0 Å². The molecule has 5 heterocycles. The van der Waals surface area contributed by atoms with Crippen molar-refractivity contribution in [3.05, 3.63) is 64.3 Å². The van der Waals surface area contributed by atoms with Crippen LogP contribution in [0.3, 0.4) is 0 Å². The number of pyridine rings is 1. The smallest absolute Gasteiger partial charge is 0.261 e. The second kappa shape index (κ2) is 7.27. The summed E-state index contributed by atoms with van der Waals surface area (Å²) in [6.07, 6.45) is 4.76. The van der Waals surface area contributed by atoms with Gasteiger partial charge < -0.3 is 18.6 Å². The van der Waals surface area contributed by atoms with Crippen molar-refractivity contribution >= 4 is 0 Å². The molecule has 3 aliphatic heterocycles. The van der Waals surface area contributed by atoms with Gasteiger partial charge in [0.05, 0.1) is 5.56 Å². The highest BCUT2D eigenvalue weighted by molar-refractivity contribution is 5.54. The molecule has 31 heavy (non-hydrogen) atoms. The summed E-state index contributed by atoms with van der Waals surface area (Å²) in [4.78, 5) is 20.2. The number of likely N-dealkylation sites (tertiary alicyclic amines) is 1. The average Bonchev–Trinajstić information content (AvgIpc) is 3.20. The van der Waals surface area contributed by atoms with Crippen LogP contribution in [0.15, 0.2) is 47.5 Å². The Morgan fingerprint density at radius 3 is 2.87 bits per heavy atom.